The van der Waals surface area contributed by atoms with Gasteiger partial charge < -0.3 is 4.74 Å². The zero-order valence-electron chi connectivity index (χ0n) is 10.6. The van der Waals surface area contributed by atoms with Crippen LogP contribution in [0.15, 0.2) is 64.4 Å². The smallest absolute Gasteiger partial charge is 0.286 e. The summed E-state index contributed by atoms with van der Waals surface area (Å²) < 4.78 is 53.7. The highest BCUT2D eigenvalue weighted by Gasteiger charge is 2.33. The minimum absolute atomic E-state index is 0.254. The van der Waals surface area contributed by atoms with Crippen LogP contribution in [0.3, 0.4) is 0 Å². The number of hydrogen-bond donors (Lipinski definition) is 0. The van der Waals surface area contributed by atoms with Crippen LogP contribution in [0.4, 0.5) is 0 Å². The van der Waals surface area contributed by atoms with Crippen molar-refractivity contribution in [3.63, 3.8) is 0 Å². The molecule has 7 heteroatoms. The average molecular weight is 312 g/mol. The molecule has 0 heterocycles. The average Bonchev–Trinajstić information content (AvgIpc) is 2.48. The fraction of sp³-hybridized carbons (Fsp3) is 0.0769. The second-order valence-electron chi connectivity index (χ2n) is 3.90. The quantitative estimate of drug-likeness (QED) is 0.805. The molecule has 0 spiro atoms. The Hall–Kier alpha value is -1.86. The van der Waals surface area contributed by atoms with Crippen molar-refractivity contribution >= 4 is 17.7 Å². The van der Waals surface area contributed by atoms with Crippen molar-refractivity contribution in [1.29, 1.82) is 0 Å². The van der Waals surface area contributed by atoms with Crippen LogP contribution in [0.2, 0.25) is 0 Å². The summed E-state index contributed by atoms with van der Waals surface area (Å²) in [5.41, 5.74) is 0. The first-order valence-electron chi connectivity index (χ1n) is 5.59. The van der Waals surface area contributed by atoms with Crippen LogP contribution in [0, 0.1) is 0 Å². The maximum absolute atomic E-state index is 12.2. The van der Waals surface area contributed by atoms with Gasteiger partial charge >= 0.3 is 0 Å². The molecular formula is C13H12O5S2. The van der Waals surface area contributed by atoms with E-state index < -0.39 is 17.7 Å². The van der Waals surface area contributed by atoms with Gasteiger partial charge in [0.15, 0.2) is 0 Å². The number of hydrogen-bond acceptors (Lipinski definition) is 5. The number of benzene rings is 2. The predicted molar refractivity (Wildman–Crippen MR) is 73.8 cm³/mol. The topological polar surface area (TPSA) is 77.5 Å². The van der Waals surface area contributed by atoms with E-state index in [0.717, 1.165) is 0 Å². The SMILES string of the molecule is COc1ccc(S(=O)(=O)S(=O)(=O)c2ccccc2)cc1. The second-order valence-corrected chi connectivity index (χ2v) is 9.29. The molecule has 2 aromatic rings. The van der Waals surface area contributed by atoms with Crippen LogP contribution in [0.25, 0.3) is 0 Å². The Balaban J connectivity index is 2.54. The first-order chi connectivity index (χ1) is 9.39. The first kappa shape index (κ1) is 14.5. The van der Waals surface area contributed by atoms with Gasteiger partial charge in [-0.05, 0) is 36.4 Å². The maximum Gasteiger partial charge on any atom is 0.286 e. The molecule has 0 saturated heterocycles. The summed E-state index contributed by atoms with van der Waals surface area (Å²) in [6.07, 6.45) is 0. The minimum Gasteiger partial charge on any atom is -0.497 e. The predicted octanol–water partition coefficient (Wildman–Crippen LogP) is 1.86. The molecule has 0 amide bonds. The molecule has 0 fully saturated rings. The Morgan fingerprint density at radius 2 is 1.15 bits per heavy atom. The minimum atomic E-state index is -4.50. The molecule has 0 unspecified atom stereocenters. The molecule has 20 heavy (non-hydrogen) atoms. The standard InChI is InChI=1S/C13H12O5S2/c1-18-11-7-9-13(10-8-11)20(16,17)19(14,15)12-5-3-2-4-6-12/h2-10H,1H3. The Labute approximate surface area is 117 Å². The van der Waals surface area contributed by atoms with E-state index in [1.165, 1.54) is 55.6 Å². The molecule has 0 aliphatic heterocycles. The van der Waals surface area contributed by atoms with Crippen LogP contribution >= 0.6 is 0 Å². The van der Waals surface area contributed by atoms with Crippen molar-refractivity contribution in [2.75, 3.05) is 7.11 Å². The summed E-state index contributed by atoms with van der Waals surface area (Å²) in [6.45, 7) is 0. The van der Waals surface area contributed by atoms with Crippen LogP contribution in [-0.4, -0.2) is 23.9 Å². The zero-order valence-corrected chi connectivity index (χ0v) is 12.2. The summed E-state index contributed by atoms with van der Waals surface area (Å²) >= 11 is 0. The highest BCUT2D eigenvalue weighted by atomic mass is 33.2. The number of rotatable bonds is 4. The van der Waals surface area contributed by atoms with Crippen molar-refractivity contribution in [2.24, 2.45) is 0 Å². The van der Waals surface area contributed by atoms with Crippen molar-refractivity contribution in [3.05, 3.63) is 54.6 Å². The van der Waals surface area contributed by atoms with Crippen LogP contribution in [-0.2, 0) is 17.7 Å². The van der Waals surface area contributed by atoms with Gasteiger partial charge in [0.25, 0.3) is 17.7 Å². The van der Waals surface area contributed by atoms with E-state index in [1.54, 1.807) is 6.07 Å². The molecule has 5 nitrogen and oxygen atoms in total. The van der Waals surface area contributed by atoms with Gasteiger partial charge in [0, 0.05) is 0 Å². The summed E-state index contributed by atoms with van der Waals surface area (Å²) in [5.74, 6) is 0.445. The molecule has 106 valence electrons. The monoisotopic (exact) mass is 312 g/mol. The van der Waals surface area contributed by atoms with Crippen molar-refractivity contribution in [2.45, 2.75) is 9.79 Å². The lowest BCUT2D eigenvalue weighted by molar-refractivity contribution is 0.414. The zero-order chi connectivity index (χ0) is 14.8. The van der Waals surface area contributed by atoms with Gasteiger partial charge in [-0.2, -0.15) is 0 Å². The Morgan fingerprint density at radius 3 is 1.60 bits per heavy atom. The second kappa shape index (κ2) is 5.26. The van der Waals surface area contributed by atoms with Crippen molar-refractivity contribution in [1.82, 2.24) is 0 Å². The molecule has 2 aromatic carbocycles. The van der Waals surface area contributed by atoms with E-state index in [4.69, 9.17) is 4.74 Å². The number of ether oxygens (including phenoxy) is 1. The molecule has 0 atom stereocenters. The van der Waals surface area contributed by atoms with Gasteiger partial charge in [0.2, 0.25) is 0 Å². The van der Waals surface area contributed by atoms with Crippen LogP contribution < -0.4 is 4.74 Å². The van der Waals surface area contributed by atoms with Gasteiger partial charge in [0.1, 0.15) is 5.75 Å². The lowest BCUT2D eigenvalue weighted by Gasteiger charge is -2.07. The lowest BCUT2D eigenvalue weighted by atomic mass is 10.3. The van der Waals surface area contributed by atoms with E-state index >= 15 is 0 Å². The molecule has 0 aliphatic rings. The third kappa shape index (κ3) is 2.41. The maximum atomic E-state index is 12.2. The van der Waals surface area contributed by atoms with Crippen molar-refractivity contribution in [3.8, 4) is 5.75 Å². The molecule has 0 N–H and O–H groups in total. The highest BCUT2D eigenvalue weighted by molar-refractivity contribution is 8.67. The normalized spacial score (nSPS) is 12.1. The molecule has 0 aliphatic carbocycles. The third-order valence-corrected chi connectivity index (χ3v) is 7.83. The molecule has 0 radical (unpaired) electrons. The van der Waals surface area contributed by atoms with E-state index in [0.29, 0.717) is 5.75 Å². The number of methoxy groups -OCH3 is 1. The van der Waals surface area contributed by atoms with Crippen molar-refractivity contribution < 1.29 is 21.6 Å². The Bertz CT molecular complexity index is 792. The van der Waals surface area contributed by atoms with Gasteiger partial charge in [0.05, 0.1) is 16.9 Å². The molecule has 0 saturated carbocycles. The third-order valence-electron chi connectivity index (χ3n) is 2.67. The Kier molecular flexibility index (Phi) is 3.82. The molecular weight excluding hydrogens is 300 g/mol. The fourth-order valence-corrected chi connectivity index (χ4v) is 5.24. The summed E-state index contributed by atoms with van der Waals surface area (Å²) in [4.78, 5) is -0.544. The van der Waals surface area contributed by atoms with E-state index in [2.05, 4.69) is 0 Å². The Morgan fingerprint density at radius 1 is 0.700 bits per heavy atom. The highest BCUT2D eigenvalue weighted by Crippen LogP contribution is 2.25. The largest absolute Gasteiger partial charge is 0.497 e. The molecule has 0 bridgehead atoms. The van der Waals surface area contributed by atoms with Crippen LogP contribution in [0.1, 0.15) is 0 Å². The summed E-state index contributed by atoms with van der Waals surface area (Å²) in [7, 11) is -7.54. The van der Waals surface area contributed by atoms with Gasteiger partial charge in [-0.3, -0.25) is 0 Å². The summed E-state index contributed by atoms with van der Waals surface area (Å²) in [5, 5.41) is 0. The van der Waals surface area contributed by atoms with Crippen LogP contribution in [0.5, 0.6) is 5.75 Å². The molecule has 2 rings (SSSR count). The van der Waals surface area contributed by atoms with E-state index in [1.807, 2.05) is 0 Å². The first-order valence-corrected chi connectivity index (χ1v) is 9.07. The van der Waals surface area contributed by atoms with E-state index in [9.17, 15) is 16.8 Å². The molecule has 0 aromatic heterocycles. The fourth-order valence-electron chi connectivity index (χ4n) is 1.58. The van der Waals surface area contributed by atoms with Gasteiger partial charge in [-0.25, -0.2) is 16.8 Å². The van der Waals surface area contributed by atoms with E-state index in [-0.39, 0.29) is 9.79 Å². The van der Waals surface area contributed by atoms with Gasteiger partial charge in [-0.1, -0.05) is 18.2 Å². The van der Waals surface area contributed by atoms with Gasteiger partial charge in [-0.15, -0.1) is 0 Å². The summed E-state index contributed by atoms with van der Waals surface area (Å²) in [6, 6.07) is 12.2. The lowest BCUT2D eigenvalue weighted by Crippen LogP contribution is -2.16.